The number of benzene rings is 1. The van der Waals surface area contributed by atoms with Gasteiger partial charge in [0.2, 0.25) is 0 Å². The summed E-state index contributed by atoms with van der Waals surface area (Å²) in [5, 5.41) is 26.4. The molecule has 1 fully saturated rings. The Kier molecular flexibility index (Phi) is 7.36. The summed E-state index contributed by atoms with van der Waals surface area (Å²) in [5.74, 6) is -0.964. The Balaban J connectivity index is 1.57. The number of furan rings is 1. The number of nitrogens with zero attached hydrogens (tertiary/aromatic N) is 4. The van der Waals surface area contributed by atoms with Crippen LogP contribution in [-0.4, -0.2) is 58.2 Å². The van der Waals surface area contributed by atoms with Crippen molar-refractivity contribution in [3.05, 3.63) is 53.2 Å². The number of carbonyl (C=O) groups excluding carboxylic acids is 2. The van der Waals surface area contributed by atoms with Gasteiger partial charge in [-0.25, -0.2) is 13.6 Å². The van der Waals surface area contributed by atoms with Gasteiger partial charge in [0.25, 0.3) is 5.91 Å². The Hall–Kier alpha value is -4.44. The second-order valence-corrected chi connectivity index (χ2v) is 9.08. The van der Waals surface area contributed by atoms with Gasteiger partial charge in [-0.3, -0.25) is 19.7 Å². The number of methoxy groups -OCH3 is 1. The highest BCUT2D eigenvalue weighted by molar-refractivity contribution is 6.00. The van der Waals surface area contributed by atoms with E-state index in [1.165, 1.54) is 18.3 Å². The SMILES string of the molecule is COC(=O)Nc1nn(C2(CC#N)CCN(Cc3cc(O)c(-c4ccc(C)o4)cc3F)CC2F)cc1C(N)=O. The second-order valence-electron chi connectivity index (χ2n) is 9.08. The number of carbonyl (C=O) groups is 2. The number of alkyl halides is 1. The van der Waals surface area contributed by atoms with E-state index in [4.69, 9.17) is 10.2 Å². The van der Waals surface area contributed by atoms with Crippen LogP contribution in [0.15, 0.2) is 34.9 Å². The molecule has 0 radical (unpaired) electrons. The number of nitriles is 1. The van der Waals surface area contributed by atoms with E-state index in [0.29, 0.717) is 11.5 Å². The topological polar surface area (TPSA) is 160 Å². The highest BCUT2D eigenvalue weighted by atomic mass is 19.1. The Morgan fingerprint density at radius 2 is 2.18 bits per heavy atom. The van der Waals surface area contributed by atoms with Gasteiger partial charge in [0.1, 0.15) is 40.4 Å². The summed E-state index contributed by atoms with van der Waals surface area (Å²) in [5.41, 5.74) is 4.12. The molecule has 1 aliphatic heterocycles. The summed E-state index contributed by atoms with van der Waals surface area (Å²) in [6, 6.07) is 7.75. The van der Waals surface area contributed by atoms with Crippen molar-refractivity contribution >= 4 is 17.8 Å². The standard InChI is InChI=1S/C25H26F2N6O5/c1-14-3-4-20(38-14)16-10-18(26)15(9-19(16)34)11-32-8-6-25(5-7-28,21(27)13-32)33-12-17(22(29)35)23(31-33)30-24(36)37-2/h3-4,9-10,12,21,34H,5-6,8,11,13H2,1-2H3,(H2,29,35)(H,30,31,36). The van der Waals surface area contributed by atoms with Gasteiger partial charge in [-0.2, -0.15) is 10.4 Å². The fourth-order valence-corrected chi connectivity index (χ4v) is 4.58. The number of anilines is 1. The number of piperidine rings is 1. The van der Waals surface area contributed by atoms with Crippen molar-refractivity contribution in [3.8, 4) is 23.1 Å². The summed E-state index contributed by atoms with van der Waals surface area (Å²) < 4.78 is 41.9. The Labute approximate surface area is 216 Å². The average Bonchev–Trinajstić information content (AvgIpc) is 3.49. The van der Waals surface area contributed by atoms with E-state index in [-0.39, 0.29) is 60.7 Å². The van der Waals surface area contributed by atoms with Crippen LogP contribution in [0.5, 0.6) is 5.75 Å². The molecule has 0 saturated carbocycles. The summed E-state index contributed by atoms with van der Waals surface area (Å²) >= 11 is 0. The number of amides is 2. The van der Waals surface area contributed by atoms with Crippen molar-refractivity contribution in [2.75, 3.05) is 25.5 Å². The third-order valence-corrected chi connectivity index (χ3v) is 6.65. The quantitative estimate of drug-likeness (QED) is 0.421. The molecule has 0 spiro atoms. The summed E-state index contributed by atoms with van der Waals surface area (Å²) in [7, 11) is 1.12. The largest absolute Gasteiger partial charge is 0.507 e. The molecule has 2 amide bonds. The summed E-state index contributed by atoms with van der Waals surface area (Å²) in [6.07, 6.45) is -1.58. The molecule has 1 saturated heterocycles. The van der Waals surface area contributed by atoms with Crippen LogP contribution >= 0.6 is 0 Å². The molecule has 2 atom stereocenters. The smallest absolute Gasteiger partial charge is 0.412 e. The fourth-order valence-electron chi connectivity index (χ4n) is 4.58. The first-order chi connectivity index (χ1) is 18.1. The van der Waals surface area contributed by atoms with Crippen molar-refractivity contribution in [2.24, 2.45) is 5.73 Å². The third kappa shape index (κ3) is 5.03. The molecule has 0 bridgehead atoms. The van der Waals surface area contributed by atoms with Gasteiger partial charge in [0.15, 0.2) is 5.82 Å². The number of phenols is 1. The van der Waals surface area contributed by atoms with Crippen molar-refractivity contribution in [2.45, 2.75) is 38.0 Å². The minimum Gasteiger partial charge on any atom is -0.507 e. The Morgan fingerprint density at radius 1 is 1.42 bits per heavy atom. The van der Waals surface area contributed by atoms with Crippen molar-refractivity contribution in [3.63, 3.8) is 0 Å². The number of aromatic hydroxyl groups is 1. The van der Waals surface area contributed by atoms with Gasteiger partial charge < -0.3 is 20.0 Å². The molecule has 1 aromatic carbocycles. The highest BCUT2D eigenvalue weighted by Crippen LogP contribution is 2.38. The lowest BCUT2D eigenvalue weighted by Crippen LogP contribution is -2.54. The number of halogens is 2. The van der Waals surface area contributed by atoms with E-state index in [9.17, 15) is 24.3 Å². The van der Waals surface area contributed by atoms with Crippen LogP contribution in [0, 0.1) is 24.1 Å². The summed E-state index contributed by atoms with van der Waals surface area (Å²) in [4.78, 5) is 25.2. The van der Waals surface area contributed by atoms with Crippen molar-refractivity contribution < 1.29 is 32.6 Å². The molecule has 3 heterocycles. The lowest BCUT2D eigenvalue weighted by atomic mass is 9.83. The van der Waals surface area contributed by atoms with Gasteiger partial charge in [0.05, 0.1) is 25.2 Å². The van der Waals surface area contributed by atoms with Crippen LogP contribution in [0.3, 0.4) is 0 Å². The van der Waals surface area contributed by atoms with Crippen molar-refractivity contribution in [1.82, 2.24) is 14.7 Å². The summed E-state index contributed by atoms with van der Waals surface area (Å²) in [6.45, 7) is 1.79. The number of hydrogen-bond donors (Lipinski definition) is 3. The van der Waals surface area contributed by atoms with Crippen LogP contribution in [-0.2, 0) is 16.8 Å². The third-order valence-electron chi connectivity index (χ3n) is 6.65. The van der Waals surface area contributed by atoms with Crippen LogP contribution in [0.1, 0.15) is 34.5 Å². The Morgan fingerprint density at radius 3 is 2.79 bits per heavy atom. The van der Waals surface area contributed by atoms with Crippen LogP contribution < -0.4 is 11.1 Å². The first kappa shape index (κ1) is 26.6. The molecule has 0 aliphatic carbocycles. The Bertz CT molecular complexity index is 1410. The van der Waals surface area contributed by atoms with E-state index in [1.807, 2.05) is 6.07 Å². The number of nitrogens with two attached hydrogens (primary N) is 1. The predicted octanol–water partition coefficient (Wildman–Crippen LogP) is 3.43. The zero-order chi connectivity index (χ0) is 27.6. The van der Waals surface area contributed by atoms with E-state index in [0.717, 1.165) is 11.8 Å². The van der Waals surface area contributed by atoms with E-state index in [1.54, 1.807) is 24.0 Å². The molecular weight excluding hydrogens is 502 g/mol. The van der Waals surface area contributed by atoms with E-state index in [2.05, 4.69) is 15.2 Å². The van der Waals surface area contributed by atoms with Crippen LogP contribution in [0.2, 0.25) is 0 Å². The molecule has 200 valence electrons. The zero-order valence-corrected chi connectivity index (χ0v) is 20.7. The van der Waals surface area contributed by atoms with Crippen molar-refractivity contribution in [1.29, 1.82) is 5.26 Å². The molecule has 4 N–H and O–H groups in total. The molecule has 1 aliphatic rings. The van der Waals surface area contributed by atoms with E-state index >= 15 is 4.39 Å². The average molecular weight is 529 g/mol. The maximum atomic E-state index is 15.8. The van der Waals surface area contributed by atoms with Crippen LogP contribution in [0.25, 0.3) is 11.3 Å². The first-order valence-electron chi connectivity index (χ1n) is 11.6. The molecule has 2 aromatic heterocycles. The second kappa shape index (κ2) is 10.5. The lowest BCUT2D eigenvalue weighted by molar-refractivity contribution is 0.00658. The van der Waals surface area contributed by atoms with Gasteiger partial charge in [-0.15, -0.1) is 0 Å². The first-order valence-corrected chi connectivity index (χ1v) is 11.6. The monoisotopic (exact) mass is 528 g/mol. The molecular formula is C25H26F2N6O5. The molecule has 4 rings (SSSR count). The van der Waals surface area contributed by atoms with Gasteiger partial charge >= 0.3 is 6.09 Å². The molecule has 13 heteroatoms. The number of aromatic nitrogens is 2. The lowest BCUT2D eigenvalue weighted by Gasteiger charge is -2.43. The number of nitrogens with one attached hydrogen (secondary N) is 1. The van der Waals surface area contributed by atoms with Gasteiger partial charge in [-0.1, -0.05) is 0 Å². The maximum Gasteiger partial charge on any atom is 0.412 e. The van der Waals surface area contributed by atoms with E-state index < -0.39 is 29.5 Å². The zero-order valence-electron chi connectivity index (χ0n) is 20.7. The number of primary amides is 1. The van der Waals surface area contributed by atoms with Gasteiger partial charge in [-0.05, 0) is 37.6 Å². The molecule has 3 aromatic rings. The number of aryl methyl sites for hydroxylation is 1. The number of phenolic OH excluding ortho intramolecular Hbond substituents is 1. The number of likely N-dealkylation sites (tertiary alicyclic amines) is 1. The fraction of sp³-hybridized carbons (Fsp3) is 0.360. The highest BCUT2D eigenvalue weighted by Gasteiger charge is 2.47. The maximum absolute atomic E-state index is 15.8. The normalized spacial score (nSPS) is 19.6. The number of hydrogen-bond acceptors (Lipinski definition) is 8. The van der Waals surface area contributed by atoms with Gasteiger partial charge in [0, 0.05) is 31.4 Å². The molecule has 2 unspecified atom stereocenters. The minimum atomic E-state index is -1.66. The minimum absolute atomic E-state index is 0.000693. The predicted molar refractivity (Wildman–Crippen MR) is 130 cm³/mol. The number of rotatable bonds is 7. The van der Waals surface area contributed by atoms with Crippen LogP contribution in [0.4, 0.5) is 19.4 Å². The molecule has 38 heavy (non-hydrogen) atoms. The number of ether oxygens (including phenoxy) is 1. The molecule has 11 nitrogen and oxygen atoms in total.